The molecular weight excluding hydrogens is 290 g/mol. The zero-order chi connectivity index (χ0) is 15.0. The first-order valence-corrected chi connectivity index (χ1v) is 6.76. The van der Waals surface area contributed by atoms with Crippen molar-refractivity contribution in [2.45, 2.75) is 6.92 Å². The second kappa shape index (κ2) is 5.18. The third kappa shape index (κ3) is 2.60. The highest BCUT2D eigenvalue weighted by Crippen LogP contribution is 2.28. The van der Waals surface area contributed by atoms with Gasteiger partial charge in [-0.25, -0.2) is 0 Å². The van der Waals surface area contributed by atoms with Crippen LogP contribution in [0.4, 0.5) is 5.69 Å². The lowest BCUT2D eigenvalue weighted by Crippen LogP contribution is -2.31. The lowest BCUT2D eigenvalue weighted by Gasteiger charge is -2.13. The van der Waals surface area contributed by atoms with Gasteiger partial charge in [0.05, 0.1) is 17.7 Å². The number of aromatic nitrogens is 1. The maximum Gasteiger partial charge on any atom is 0.255 e. The molecule has 106 valence electrons. The van der Waals surface area contributed by atoms with Crippen molar-refractivity contribution >= 4 is 40.0 Å². The zero-order valence-corrected chi connectivity index (χ0v) is 12.0. The maximum absolute atomic E-state index is 11.7. The SMILES string of the molecule is CC(=O)N1CC(Nc2cc(Cl)cc3cccnc23)=CC1=O. The number of fused-ring (bicyclic) bond motifs is 1. The van der Waals surface area contributed by atoms with Crippen molar-refractivity contribution in [3.05, 3.63) is 47.3 Å². The predicted octanol–water partition coefficient (Wildman–Crippen LogP) is 2.57. The first kappa shape index (κ1) is 13.6. The fraction of sp³-hybridized carbons (Fsp3) is 0.133. The summed E-state index contributed by atoms with van der Waals surface area (Å²) < 4.78 is 0. The minimum absolute atomic E-state index is 0.231. The van der Waals surface area contributed by atoms with Gasteiger partial charge >= 0.3 is 0 Å². The van der Waals surface area contributed by atoms with Crippen LogP contribution in [0.2, 0.25) is 5.02 Å². The van der Waals surface area contributed by atoms with Crippen molar-refractivity contribution in [2.75, 3.05) is 11.9 Å². The third-order valence-corrected chi connectivity index (χ3v) is 3.46. The highest BCUT2D eigenvalue weighted by Gasteiger charge is 2.25. The Bertz CT molecular complexity index is 786. The van der Waals surface area contributed by atoms with E-state index >= 15 is 0 Å². The third-order valence-electron chi connectivity index (χ3n) is 3.24. The summed E-state index contributed by atoms with van der Waals surface area (Å²) >= 11 is 6.10. The normalized spacial score (nSPS) is 14.5. The minimum atomic E-state index is -0.315. The Kier molecular flexibility index (Phi) is 3.35. The van der Waals surface area contributed by atoms with E-state index in [2.05, 4.69) is 10.3 Å². The van der Waals surface area contributed by atoms with Crippen LogP contribution in [0.3, 0.4) is 0 Å². The molecule has 2 amide bonds. The van der Waals surface area contributed by atoms with Crippen molar-refractivity contribution in [1.82, 2.24) is 9.88 Å². The van der Waals surface area contributed by atoms with Gasteiger partial charge in [-0.2, -0.15) is 0 Å². The molecule has 3 rings (SSSR count). The van der Waals surface area contributed by atoms with Crippen LogP contribution >= 0.6 is 11.6 Å². The largest absolute Gasteiger partial charge is 0.355 e. The summed E-state index contributed by atoms with van der Waals surface area (Å²) in [6.07, 6.45) is 3.11. The standard InChI is InChI=1S/C15H12ClN3O2/c1-9(20)19-8-12(7-14(19)21)18-13-6-11(16)5-10-3-2-4-17-15(10)13/h2-7,18H,8H2,1H3. The van der Waals surface area contributed by atoms with E-state index in [1.165, 1.54) is 17.9 Å². The molecule has 0 spiro atoms. The number of benzene rings is 1. The highest BCUT2D eigenvalue weighted by molar-refractivity contribution is 6.31. The molecule has 0 saturated carbocycles. The molecular formula is C15H12ClN3O2. The monoisotopic (exact) mass is 301 g/mol. The van der Waals surface area contributed by atoms with Crippen LogP contribution in [-0.4, -0.2) is 28.2 Å². The molecule has 0 radical (unpaired) electrons. The van der Waals surface area contributed by atoms with Crippen LogP contribution in [-0.2, 0) is 9.59 Å². The molecule has 0 bridgehead atoms. The lowest BCUT2D eigenvalue weighted by molar-refractivity contribution is -0.138. The molecule has 1 aromatic heterocycles. The van der Waals surface area contributed by atoms with Crippen LogP contribution in [0, 0.1) is 0 Å². The number of amides is 2. The average molecular weight is 302 g/mol. The van der Waals surface area contributed by atoms with Gasteiger partial charge in [0.15, 0.2) is 0 Å². The summed E-state index contributed by atoms with van der Waals surface area (Å²) in [5.74, 6) is -0.591. The van der Waals surface area contributed by atoms with Gasteiger partial charge in [-0.1, -0.05) is 17.7 Å². The van der Waals surface area contributed by atoms with Crippen LogP contribution < -0.4 is 5.32 Å². The highest BCUT2D eigenvalue weighted by atomic mass is 35.5. The van der Waals surface area contributed by atoms with E-state index in [9.17, 15) is 9.59 Å². The molecule has 0 unspecified atom stereocenters. The molecule has 5 nitrogen and oxygen atoms in total. The fourth-order valence-electron chi connectivity index (χ4n) is 2.29. The van der Waals surface area contributed by atoms with Crippen molar-refractivity contribution < 1.29 is 9.59 Å². The number of anilines is 1. The molecule has 1 aliphatic rings. The quantitative estimate of drug-likeness (QED) is 0.926. The van der Waals surface area contributed by atoms with E-state index in [0.717, 1.165) is 10.9 Å². The number of pyridine rings is 1. The number of nitrogens with zero attached hydrogens (tertiary/aromatic N) is 2. The van der Waals surface area contributed by atoms with Gasteiger partial charge in [-0.05, 0) is 18.2 Å². The van der Waals surface area contributed by atoms with E-state index in [1.54, 1.807) is 12.3 Å². The van der Waals surface area contributed by atoms with Crippen molar-refractivity contribution in [1.29, 1.82) is 0 Å². The molecule has 0 saturated heterocycles. The first-order chi connectivity index (χ1) is 10.0. The van der Waals surface area contributed by atoms with Crippen molar-refractivity contribution in [3.8, 4) is 0 Å². The summed E-state index contributed by atoms with van der Waals surface area (Å²) in [6.45, 7) is 1.60. The molecule has 0 fully saturated rings. The van der Waals surface area contributed by atoms with Crippen LogP contribution in [0.5, 0.6) is 0 Å². The van der Waals surface area contributed by atoms with Crippen molar-refractivity contribution in [3.63, 3.8) is 0 Å². The number of carbonyl (C=O) groups is 2. The maximum atomic E-state index is 11.7. The first-order valence-electron chi connectivity index (χ1n) is 6.38. The molecule has 0 atom stereocenters. The lowest BCUT2D eigenvalue weighted by atomic mass is 10.2. The van der Waals surface area contributed by atoms with Gasteiger partial charge < -0.3 is 5.32 Å². The number of imide groups is 1. The van der Waals surface area contributed by atoms with E-state index in [-0.39, 0.29) is 18.4 Å². The zero-order valence-electron chi connectivity index (χ0n) is 11.3. The molecule has 2 heterocycles. The van der Waals surface area contributed by atoms with E-state index in [1.807, 2.05) is 18.2 Å². The molecule has 1 aromatic carbocycles. The Hall–Kier alpha value is -2.40. The van der Waals surface area contributed by atoms with Gasteiger partial charge in [-0.3, -0.25) is 19.5 Å². The van der Waals surface area contributed by atoms with Crippen molar-refractivity contribution in [2.24, 2.45) is 0 Å². The Morgan fingerprint density at radius 3 is 2.95 bits per heavy atom. The minimum Gasteiger partial charge on any atom is -0.355 e. The predicted molar refractivity (Wildman–Crippen MR) is 80.9 cm³/mol. The average Bonchev–Trinajstić information content (AvgIpc) is 2.79. The van der Waals surface area contributed by atoms with Crippen LogP contribution in [0.15, 0.2) is 42.2 Å². The van der Waals surface area contributed by atoms with Gasteiger partial charge in [0.2, 0.25) is 5.91 Å². The summed E-state index contributed by atoms with van der Waals surface area (Å²) in [5.41, 5.74) is 2.11. The molecule has 1 N–H and O–H groups in total. The molecule has 0 aliphatic carbocycles. The molecule has 2 aromatic rings. The Morgan fingerprint density at radius 2 is 2.24 bits per heavy atom. The van der Waals surface area contributed by atoms with E-state index in [4.69, 9.17) is 11.6 Å². The van der Waals surface area contributed by atoms with Gasteiger partial charge in [0.1, 0.15) is 0 Å². The molecule has 6 heteroatoms. The summed E-state index contributed by atoms with van der Waals surface area (Å²) in [4.78, 5) is 28.5. The summed E-state index contributed by atoms with van der Waals surface area (Å²) in [6, 6.07) is 7.32. The van der Waals surface area contributed by atoms with Crippen LogP contribution in [0.1, 0.15) is 6.92 Å². The number of carbonyl (C=O) groups excluding carboxylic acids is 2. The van der Waals surface area contributed by atoms with Gasteiger partial charge in [0, 0.05) is 35.3 Å². The smallest absolute Gasteiger partial charge is 0.255 e. The second-order valence-corrected chi connectivity index (χ2v) is 5.20. The molecule has 21 heavy (non-hydrogen) atoms. The fourth-order valence-corrected chi connectivity index (χ4v) is 2.51. The Balaban J connectivity index is 1.95. The Morgan fingerprint density at radius 1 is 1.43 bits per heavy atom. The molecule has 1 aliphatic heterocycles. The van der Waals surface area contributed by atoms with E-state index < -0.39 is 0 Å². The number of rotatable bonds is 2. The number of hydrogen-bond donors (Lipinski definition) is 1. The van der Waals surface area contributed by atoms with Crippen LogP contribution in [0.25, 0.3) is 10.9 Å². The second-order valence-electron chi connectivity index (χ2n) is 4.77. The van der Waals surface area contributed by atoms with E-state index in [0.29, 0.717) is 16.4 Å². The number of halogens is 1. The topological polar surface area (TPSA) is 62.3 Å². The Labute approximate surface area is 126 Å². The summed E-state index contributed by atoms with van der Waals surface area (Å²) in [7, 11) is 0. The van der Waals surface area contributed by atoms with Gasteiger partial charge in [-0.15, -0.1) is 0 Å². The number of nitrogens with one attached hydrogen (secondary N) is 1. The number of hydrogen-bond acceptors (Lipinski definition) is 4. The summed E-state index contributed by atoms with van der Waals surface area (Å²) in [5, 5.41) is 4.62. The van der Waals surface area contributed by atoms with Gasteiger partial charge in [0.25, 0.3) is 5.91 Å².